The van der Waals surface area contributed by atoms with E-state index in [4.69, 9.17) is 16.3 Å². The number of ether oxygens (including phenoxy) is 1. The summed E-state index contributed by atoms with van der Waals surface area (Å²) in [6, 6.07) is 7.59. The first-order valence-electron chi connectivity index (χ1n) is 7.42. The van der Waals surface area contributed by atoms with E-state index in [9.17, 15) is 9.18 Å². The molecular formula is C16H20ClFN2O2. The Bertz CT molecular complexity index is 591. The summed E-state index contributed by atoms with van der Waals surface area (Å²) in [6.07, 6.45) is 1.66. The van der Waals surface area contributed by atoms with Gasteiger partial charge in [-0.3, -0.25) is 4.39 Å². The summed E-state index contributed by atoms with van der Waals surface area (Å²) >= 11 is 6.39. The molecule has 1 heterocycles. The number of methoxy groups -OCH3 is 1. The van der Waals surface area contributed by atoms with Crippen LogP contribution in [0.25, 0.3) is 0 Å². The summed E-state index contributed by atoms with van der Waals surface area (Å²) in [4.78, 5) is 14.4. The number of para-hydroxylation sites is 2. The lowest BCUT2D eigenvalue weighted by Crippen LogP contribution is -2.64. The number of alkyl halides is 2. The Kier molecular flexibility index (Phi) is 3.71. The first kappa shape index (κ1) is 15.4. The Morgan fingerprint density at radius 2 is 2.18 bits per heavy atom. The molecule has 6 heteroatoms. The molecule has 1 aliphatic carbocycles. The third kappa shape index (κ3) is 2.14. The van der Waals surface area contributed by atoms with Crippen LogP contribution in [0.15, 0.2) is 24.3 Å². The summed E-state index contributed by atoms with van der Waals surface area (Å²) < 4.78 is 18.4. The van der Waals surface area contributed by atoms with Crippen molar-refractivity contribution in [1.82, 2.24) is 0 Å². The summed E-state index contributed by atoms with van der Waals surface area (Å²) in [5.74, 6) is -0.458. The quantitative estimate of drug-likeness (QED) is 0.666. The number of esters is 1. The molecule has 0 saturated heterocycles. The van der Waals surface area contributed by atoms with Gasteiger partial charge >= 0.3 is 5.97 Å². The second kappa shape index (κ2) is 5.30. The van der Waals surface area contributed by atoms with Gasteiger partial charge in [0.25, 0.3) is 0 Å². The van der Waals surface area contributed by atoms with Crippen molar-refractivity contribution in [3.05, 3.63) is 24.3 Å². The van der Waals surface area contributed by atoms with Gasteiger partial charge in [0.05, 0.1) is 30.5 Å². The molecule has 1 fully saturated rings. The highest BCUT2D eigenvalue weighted by Crippen LogP contribution is 2.52. The molecule has 1 N–H and O–H groups in total. The van der Waals surface area contributed by atoms with Crippen molar-refractivity contribution in [2.45, 2.75) is 30.8 Å². The molecule has 0 bridgehead atoms. The van der Waals surface area contributed by atoms with Crippen LogP contribution in [0, 0.1) is 5.41 Å². The van der Waals surface area contributed by atoms with Crippen molar-refractivity contribution in [3.8, 4) is 0 Å². The number of carbonyl (C=O) groups is 1. The number of nitrogens with one attached hydrogen (secondary N) is 1. The van der Waals surface area contributed by atoms with Crippen molar-refractivity contribution in [3.63, 3.8) is 0 Å². The molecule has 0 spiro atoms. The van der Waals surface area contributed by atoms with Crippen LogP contribution >= 0.6 is 11.6 Å². The Morgan fingerprint density at radius 3 is 2.73 bits per heavy atom. The standard InChI is InChI=1S/C16H20ClFN2O2/c1-11(17)16(14(21)22-2)19-12-5-3-4-6-13(12)20(16)10-15(9-18)7-8-15/h3-6,11,19H,7-10H2,1-2H3. The zero-order valence-corrected chi connectivity index (χ0v) is 13.5. The van der Waals surface area contributed by atoms with Gasteiger partial charge in [-0.2, -0.15) is 0 Å². The number of benzene rings is 1. The van der Waals surface area contributed by atoms with E-state index < -0.39 is 17.0 Å². The van der Waals surface area contributed by atoms with E-state index in [0.29, 0.717) is 6.54 Å². The minimum atomic E-state index is -1.20. The van der Waals surface area contributed by atoms with E-state index in [1.165, 1.54) is 7.11 Å². The average Bonchev–Trinajstić information content (AvgIpc) is 3.22. The number of fused-ring (bicyclic) bond motifs is 1. The predicted molar refractivity (Wildman–Crippen MR) is 85.1 cm³/mol. The third-order valence-corrected chi connectivity index (χ3v) is 5.07. The van der Waals surface area contributed by atoms with Gasteiger partial charge < -0.3 is 15.0 Å². The van der Waals surface area contributed by atoms with Gasteiger partial charge in [0, 0.05) is 12.0 Å². The van der Waals surface area contributed by atoms with Gasteiger partial charge in [0.2, 0.25) is 5.66 Å². The molecule has 4 nitrogen and oxygen atoms in total. The number of halogens is 2. The smallest absolute Gasteiger partial charge is 0.354 e. The van der Waals surface area contributed by atoms with Crippen LogP contribution in [0.5, 0.6) is 0 Å². The minimum Gasteiger partial charge on any atom is -0.466 e. The molecular weight excluding hydrogens is 307 g/mol. The van der Waals surface area contributed by atoms with Gasteiger partial charge in [-0.25, -0.2) is 4.79 Å². The van der Waals surface area contributed by atoms with Gasteiger partial charge in [-0.1, -0.05) is 12.1 Å². The molecule has 2 atom stereocenters. The van der Waals surface area contributed by atoms with Gasteiger partial charge in [0.1, 0.15) is 0 Å². The molecule has 0 amide bonds. The fourth-order valence-corrected chi connectivity index (χ4v) is 3.39. The van der Waals surface area contributed by atoms with Crippen molar-refractivity contribution < 1.29 is 13.9 Å². The Hall–Kier alpha value is -1.49. The van der Waals surface area contributed by atoms with E-state index in [1.54, 1.807) is 6.92 Å². The van der Waals surface area contributed by atoms with Gasteiger partial charge in [-0.15, -0.1) is 11.6 Å². The summed E-state index contributed by atoms with van der Waals surface area (Å²) in [7, 11) is 1.34. The van der Waals surface area contributed by atoms with Crippen molar-refractivity contribution in [2.75, 3.05) is 30.5 Å². The Balaban J connectivity index is 2.06. The Morgan fingerprint density at radius 1 is 1.50 bits per heavy atom. The lowest BCUT2D eigenvalue weighted by Gasteiger charge is -2.40. The maximum atomic E-state index is 13.4. The molecule has 22 heavy (non-hydrogen) atoms. The minimum absolute atomic E-state index is 0.371. The molecule has 3 rings (SSSR count). The topological polar surface area (TPSA) is 41.6 Å². The van der Waals surface area contributed by atoms with Crippen LogP contribution in [0.2, 0.25) is 0 Å². The van der Waals surface area contributed by atoms with E-state index in [-0.39, 0.29) is 12.1 Å². The number of anilines is 2. The fraction of sp³-hybridized carbons (Fsp3) is 0.562. The normalized spacial score (nSPS) is 26.1. The SMILES string of the molecule is COC(=O)C1(C(C)Cl)Nc2ccccc2N1CC1(CF)CC1. The average molecular weight is 327 g/mol. The highest BCUT2D eigenvalue weighted by molar-refractivity contribution is 6.24. The van der Waals surface area contributed by atoms with Crippen molar-refractivity contribution >= 4 is 28.9 Å². The second-order valence-corrected chi connectivity index (χ2v) is 6.89. The zero-order chi connectivity index (χ0) is 16.0. The van der Waals surface area contributed by atoms with Crippen LogP contribution in [-0.2, 0) is 9.53 Å². The van der Waals surface area contributed by atoms with Gasteiger partial charge in [-0.05, 0) is 31.9 Å². The first-order valence-corrected chi connectivity index (χ1v) is 7.86. The zero-order valence-electron chi connectivity index (χ0n) is 12.7. The largest absolute Gasteiger partial charge is 0.466 e. The lowest BCUT2D eigenvalue weighted by atomic mass is 10.0. The molecule has 1 aromatic carbocycles. The molecule has 2 aliphatic rings. The maximum Gasteiger partial charge on any atom is 0.354 e. The summed E-state index contributed by atoms with van der Waals surface area (Å²) in [5, 5.41) is 2.67. The van der Waals surface area contributed by atoms with E-state index in [1.807, 2.05) is 29.2 Å². The van der Waals surface area contributed by atoms with E-state index in [2.05, 4.69) is 5.32 Å². The van der Waals surface area contributed by atoms with E-state index in [0.717, 1.165) is 24.2 Å². The molecule has 0 aromatic heterocycles. The maximum absolute atomic E-state index is 13.4. The number of nitrogens with zero attached hydrogens (tertiary/aromatic N) is 1. The molecule has 1 aromatic rings. The number of hydrogen-bond donors (Lipinski definition) is 1. The first-order chi connectivity index (χ1) is 10.5. The third-order valence-electron chi connectivity index (χ3n) is 4.75. The molecule has 0 radical (unpaired) electrons. The molecule has 1 saturated carbocycles. The second-order valence-electron chi connectivity index (χ2n) is 6.24. The molecule has 2 unspecified atom stereocenters. The number of carbonyl (C=O) groups excluding carboxylic acids is 1. The number of rotatable bonds is 5. The van der Waals surface area contributed by atoms with E-state index >= 15 is 0 Å². The van der Waals surface area contributed by atoms with Crippen LogP contribution < -0.4 is 10.2 Å². The van der Waals surface area contributed by atoms with Crippen LogP contribution in [0.3, 0.4) is 0 Å². The monoisotopic (exact) mass is 326 g/mol. The van der Waals surface area contributed by atoms with Gasteiger partial charge in [0.15, 0.2) is 0 Å². The highest BCUT2D eigenvalue weighted by atomic mass is 35.5. The lowest BCUT2D eigenvalue weighted by molar-refractivity contribution is -0.145. The fourth-order valence-electron chi connectivity index (χ4n) is 3.13. The van der Waals surface area contributed by atoms with Crippen LogP contribution in [0.4, 0.5) is 15.8 Å². The summed E-state index contributed by atoms with van der Waals surface area (Å²) in [6.45, 7) is 1.80. The number of hydrogen-bond acceptors (Lipinski definition) is 4. The van der Waals surface area contributed by atoms with Crippen molar-refractivity contribution in [2.24, 2.45) is 5.41 Å². The van der Waals surface area contributed by atoms with Crippen LogP contribution in [0.1, 0.15) is 19.8 Å². The Labute approximate surface area is 134 Å². The van der Waals surface area contributed by atoms with Crippen molar-refractivity contribution in [1.29, 1.82) is 0 Å². The molecule has 1 aliphatic heterocycles. The molecule has 120 valence electrons. The predicted octanol–water partition coefficient (Wildman–Crippen LogP) is 3.16. The summed E-state index contributed by atoms with van der Waals surface area (Å²) in [5.41, 5.74) is 0.102. The highest BCUT2D eigenvalue weighted by Gasteiger charge is 2.57. The van der Waals surface area contributed by atoms with Crippen LogP contribution in [-0.4, -0.2) is 37.3 Å².